The van der Waals surface area contributed by atoms with E-state index >= 15 is 0 Å². The standard InChI is InChI=1S/C50H74N4O4/c1-45-25-19-35(31-33(45)15-17-37-39(45)21-27-47(3)41(37)23-29-49(47,5)57)51-53-43(55)13-11-9-7-8-10-12-14-44(56)54-52-36-20-26-46(2)34(32-36)16-18-38-40(46)22-28-48(4)42(38)24-30-50(48,6)58/h19-20,25-26,31-32,37-42,57-58H,7-18,21-24,27-30H2,1-6H3,(H,53,55)(H,54,56)/b51-35-,52-36-/t37-,38-,39+,40+,41+,42+,45+,46+,47+,48+,49+,50+/m1/s1. The van der Waals surface area contributed by atoms with Gasteiger partial charge in [-0.2, -0.15) is 10.2 Å². The molecule has 8 rings (SSSR count). The van der Waals surface area contributed by atoms with Gasteiger partial charge in [-0.3, -0.25) is 9.59 Å². The molecule has 6 saturated carbocycles. The number of carbonyl (C=O) groups is 2. The van der Waals surface area contributed by atoms with E-state index in [9.17, 15) is 19.8 Å². The number of nitrogens with one attached hydrogen (secondary N) is 2. The molecule has 4 N–H and O–H groups in total. The lowest BCUT2D eigenvalue weighted by molar-refractivity contribution is -0.122. The number of carbonyl (C=O) groups excluding carboxylic acids is 2. The summed E-state index contributed by atoms with van der Waals surface area (Å²) in [5, 5.41) is 31.5. The number of unbranched alkanes of at least 4 members (excludes halogenated alkanes) is 5. The number of nitrogens with zero attached hydrogens (tertiary/aromatic N) is 2. The van der Waals surface area contributed by atoms with Gasteiger partial charge in [-0.1, -0.05) is 76.7 Å². The Kier molecular flexibility index (Phi) is 11.2. The quantitative estimate of drug-likeness (QED) is 0.123. The van der Waals surface area contributed by atoms with Crippen molar-refractivity contribution in [3.05, 3.63) is 47.6 Å². The summed E-state index contributed by atoms with van der Waals surface area (Å²) in [7, 11) is 0. The summed E-state index contributed by atoms with van der Waals surface area (Å²) in [5.74, 6) is 3.66. The molecule has 0 aromatic rings. The van der Waals surface area contributed by atoms with Crippen LogP contribution >= 0.6 is 0 Å². The zero-order valence-electron chi connectivity index (χ0n) is 36.7. The summed E-state index contributed by atoms with van der Waals surface area (Å²) in [4.78, 5) is 25.3. The summed E-state index contributed by atoms with van der Waals surface area (Å²) < 4.78 is 0. The third-order valence-corrected chi connectivity index (χ3v) is 18.9. The Morgan fingerprint density at radius 3 is 1.36 bits per heavy atom. The smallest absolute Gasteiger partial charge is 0.240 e. The SMILES string of the molecule is C[C@]12C=C/C(=N/NC(=O)CCCCCCCCC(=O)N/N=C3/C=C[C@@]4(C)C(=C3)CC[C@@H]3[C@@H]4CC[C@@]4(C)[C@H]3CC[C@]4(C)O)C=C1CC[C@@H]1[C@@H]2CC[C@@]2(C)[C@H]1CC[C@]2(C)O. The van der Waals surface area contributed by atoms with E-state index in [4.69, 9.17) is 0 Å². The van der Waals surface area contributed by atoms with Crippen LogP contribution in [0.4, 0.5) is 0 Å². The van der Waals surface area contributed by atoms with Gasteiger partial charge in [0.1, 0.15) is 0 Å². The van der Waals surface area contributed by atoms with Gasteiger partial charge in [0.05, 0.1) is 22.6 Å². The summed E-state index contributed by atoms with van der Waals surface area (Å²) >= 11 is 0. The van der Waals surface area contributed by atoms with Gasteiger partial charge in [0.15, 0.2) is 0 Å². The molecule has 58 heavy (non-hydrogen) atoms. The number of amides is 2. The first-order valence-corrected chi connectivity index (χ1v) is 23.5. The van der Waals surface area contributed by atoms with Gasteiger partial charge in [0.2, 0.25) is 11.8 Å². The summed E-state index contributed by atoms with van der Waals surface area (Å²) in [5.41, 5.74) is 9.23. The predicted octanol–water partition coefficient (Wildman–Crippen LogP) is 10.0. The fourth-order valence-electron chi connectivity index (χ4n) is 14.7. The van der Waals surface area contributed by atoms with Crippen molar-refractivity contribution in [1.29, 1.82) is 0 Å². The molecule has 8 heteroatoms. The molecule has 0 saturated heterocycles. The van der Waals surface area contributed by atoms with Gasteiger partial charge in [-0.15, -0.1) is 0 Å². The van der Waals surface area contributed by atoms with Crippen molar-refractivity contribution in [1.82, 2.24) is 10.9 Å². The summed E-state index contributed by atoms with van der Waals surface area (Å²) in [6.45, 7) is 13.6. The average Bonchev–Trinajstić information content (AvgIpc) is 3.59. The van der Waals surface area contributed by atoms with Crippen molar-refractivity contribution in [3.8, 4) is 0 Å². The van der Waals surface area contributed by atoms with Gasteiger partial charge in [-0.25, -0.2) is 10.9 Å². The molecular formula is C50H74N4O4. The third-order valence-electron chi connectivity index (χ3n) is 18.9. The first-order valence-electron chi connectivity index (χ1n) is 23.5. The van der Waals surface area contributed by atoms with Crippen LogP contribution in [-0.4, -0.2) is 44.7 Å². The van der Waals surface area contributed by atoms with E-state index in [0.29, 0.717) is 48.3 Å². The number of allylic oxidation sites excluding steroid dienone is 8. The molecule has 318 valence electrons. The molecule has 12 atom stereocenters. The summed E-state index contributed by atoms with van der Waals surface area (Å²) in [6.07, 6.45) is 33.2. The minimum absolute atomic E-state index is 0.0314. The van der Waals surface area contributed by atoms with Crippen LogP contribution in [0.3, 0.4) is 0 Å². The van der Waals surface area contributed by atoms with E-state index < -0.39 is 11.2 Å². The molecule has 8 aliphatic carbocycles. The molecular weight excluding hydrogens is 721 g/mol. The van der Waals surface area contributed by atoms with Gasteiger partial charge in [0.25, 0.3) is 0 Å². The van der Waals surface area contributed by atoms with Crippen molar-refractivity contribution < 1.29 is 19.8 Å². The largest absolute Gasteiger partial charge is 0.390 e. The highest BCUT2D eigenvalue weighted by Gasteiger charge is 2.63. The van der Waals surface area contributed by atoms with Crippen LogP contribution in [0.2, 0.25) is 0 Å². The normalized spacial score (nSPS) is 45.0. The van der Waals surface area contributed by atoms with Gasteiger partial charge >= 0.3 is 0 Å². The van der Waals surface area contributed by atoms with Crippen LogP contribution in [0, 0.1) is 57.2 Å². The second-order valence-corrected chi connectivity index (χ2v) is 21.7. The van der Waals surface area contributed by atoms with Crippen LogP contribution in [0.25, 0.3) is 0 Å². The molecule has 6 fully saturated rings. The first kappa shape index (κ1) is 41.9. The third kappa shape index (κ3) is 7.16. The summed E-state index contributed by atoms with van der Waals surface area (Å²) in [6, 6.07) is 0. The average molecular weight is 795 g/mol. The minimum Gasteiger partial charge on any atom is -0.390 e. The molecule has 2 amide bonds. The van der Waals surface area contributed by atoms with Crippen LogP contribution in [0.5, 0.6) is 0 Å². The molecule has 0 heterocycles. The number of fused-ring (bicyclic) bond motifs is 10. The van der Waals surface area contributed by atoms with E-state index in [2.05, 4.69) is 99.1 Å². The Hall–Kier alpha value is -2.84. The number of hydrogen-bond donors (Lipinski definition) is 4. The molecule has 0 radical (unpaired) electrons. The highest BCUT2D eigenvalue weighted by molar-refractivity contribution is 6.06. The Morgan fingerprint density at radius 1 is 0.569 bits per heavy atom. The van der Waals surface area contributed by atoms with E-state index in [-0.39, 0.29) is 33.5 Å². The topological polar surface area (TPSA) is 123 Å². The maximum absolute atomic E-state index is 12.6. The molecule has 0 aromatic heterocycles. The Labute approximate surface area is 349 Å². The fourth-order valence-corrected chi connectivity index (χ4v) is 14.7. The monoisotopic (exact) mass is 795 g/mol. The highest BCUT2D eigenvalue weighted by Crippen LogP contribution is 2.68. The van der Waals surface area contributed by atoms with Crippen LogP contribution in [-0.2, 0) is 9.59 Å². The second kappa shape index (κ2) is 15.6. The molecule has 0 spiro atoms. The molecule has 0 aliphatic heterocycles. The Balaban J connectivity index is 0.703. The van der Waals surface area contributed by atoms with Crippen molar-refractivity contribution in [2.45, 2.75) is 181 Å². The lowest BCUT2D eigenvalue weighted by Crippen LogP contribution is -2.53. The minimum atomic E-state index is -0.549. The molecule has 0 bridgehead atoms. The molecule has 0 unspecified atom stereocenters. The van der Waals surface area contributed by atoms with Crippen molar-refractivity contribution in [3.63, 3.8) is 0 Å². The Bertz CT molecular complexity index is 1690. The molecule has 0 aromatic carbocycles. The number of aliphatic hydroxyl groups is 2. The van der Waals surface area contributed by atoms with Crippen molar-refractivity contribution in [2.24, 2.45) is 67.4 Å². The highest BCUT2D eigenvalue weighted by atomic mass is 16.3. The Morgan fingerprint density at radius 2 is 0.948 bits per heavy atom. The van der Waals surface area contributed by atoms with E-state index in [1.54, 1.807) is 0 Å². The van der Waals surface area contributed by atoms with Crippen LogP contribution < -0.4 is 10.9 Å². The molecule has 8 aliphatic rings. The maximum atomic E-state index is 12.6. The van der Waals surface area contributed by atoms with Gasteiger partial charge in [-0.05, 0) is 174 Å². The predicted molar refractivity (Wildman–Crippen MR) is 233 cm³/mol. The zero-order chi connectivity index (χ0) is 41.1. The van der Waals surface area contributed by atoms with E-state index in [1.165, 1.54) is 24.0 Å². The fraction of sp³-hybridized carbons (Fsp3) is 0.760. The van der Waals surface area contributed by atoms with E-state index in [1.807, 2.05) is 0 Å². The lowest BCUT2D eigenvalue weighted by atomic mass is 9.47. The maximum Gasteiger partial charge on any atom is 0.240 e. The van der Waals surface area contributed by atoms with Gasteiger partial charge in [0, 0.05) is 23.7 Å². The van der Waals surface area contributed by atoms with Crippen molar-refractivity contribution >= 4 is 23.2 Å². The number of rotatable bonds is 11. The second-order valence-electron chi connectivity index (χ2n) is 21.7. The van der Waals surface area contributed by atoms with E-state index in [0.717, 1.165) is 114 Å². The number of hydrogen-bond acceptors (Lipinski definition) is 6. The number of hydrazone groups is 2. The molecule has 8 nitrogen and oxygen atoms in total. The zero-order valence-corrected chi connectivity index (χ0v) is 36.7. The van der Waals surface area contributed by atoms with Gasteiger partial charge < -0.3 is 10.2 Å². The van der Waals surface area contributed by atoms with Crippen LogP contribution in [0.15, 0.2) is 57.8 Å². The van der Waals surface area contributed by atoms with Crippen LogP contribution in [0.1, 0.15) is 170 Å². The lowest BCUT2D eigenvalue weighted by Gasteiger charge is -2.58. The first-order chi connectivity index (χ1) is 27.5. The van der Waals surface area contributed by atoms with Crippen molar-refractivity contribution in [2.75, 3.05) is 0 Å².